The van der Waals surface area contributed by atoms with Crippen molar-refractivity contribution in [1.29, 1.82) is 0 Å². The molecule has 9 heteroatoms. The van der Waals surface area contributed by atoms with Crippen LogP contribution in [0.4, 0.5) is 11.6 Å². The number of fused-ring (bicyclic) bond motifs is 2. The van der Waals surface area contributed by atoms with Crippen LogP contribution in [0.15, 0.2) is 36.4 Å². The minimum absolute atomic E-state index is 0.120. The Bertz CT molecular complexity index is 1230. The van der Waals surface area contributed by atoms with Gasteiger partial charge < -0.3 is 10.6 Å². The summed E-state index contributed by atoms with van der Waals surface area (Å²) >= 11 is 0. The van der Waals surface area contributed by atoms with E-state index in [1.54, 1.807) is 0 Å². The summed E-state index contributed by atoms with van der Waals surface area (Å²) in [5.74, 6) is 3.13. The van der Waals surface area contributed by atoms with Crippen molar-refractivity contribution in [2.45, 2.75) is 32.7 Å². The molecular formula is C22H27N9. The summed E-state index contributed by atoms with van der Waals surface area (Å²) < 4.78 is 1.87. The highest BCUT2D eigenvalue weighted by atomic mass is 15.4. The van der Waals surface area contributed by atoms with Crippen molar-refractivity contribution in [2.75, 3.05) is 36.8 Å². The van der Waals surface area contributed by atoms with Gasteiger partial charge in [-0.25, -0.2) is 9.97 Å². The van der Waals surface area contributed by atoms with E-state index < -0.39 is 0 Å². The van der Waals surface area contributed by atoms with Crippen molar-refractivity contribution in [2.24, 2.45) is 0 Å². The molecule has 0 bridgehead atoms. The number of benzene rings is 1. The highest BCUT2D eigenvalue weighted by Crippen LogP contribution is 2.22. The molecule has 1 saturated heterocycles. The number of nitrogen functional groups attached to an aromatic ring is 1. The Morgan fingerprint density at radius 2 is 1.71 bits per heavy atom. The molecule has 3 aromatic heterocycles. The molecule has 0 radical (unpaired) electrons. The maximum absolute atomic E-state index is 6.14. The third kappa shape index (κ3) is 3.76. The fourth-order valence-electron chi connectivity index (χ4n) is 3.97. The average molecular weight is 418 g/mol. The Morgan fingerprint density at radius 1 is 0.935 bits per heavy atom. The predicted octanol–water partition coefficient (Wildman–Crippen LogP) is 2.27. The zero-order chi connectivity index (χ0) is 21.6. The second-order valence-corrected chi connectivity index (χ2v) is 9.04. The summed E-state index contributed by atoms with van der Waals surface area (Å²) in [5.41, 5.74) is 7.69. The van der Waals surface area contributed by atoms with E-state index in [0.717, 1.165) is 60.2 Å². The van der Waals surface area contributed by atoms with E-state index in [4.69, 9.17) is 15.8 Å². The molecule has 0 aliphatic carbocycles. The first-order valence-corrected chi connectivity index (χ1v) is 10.6. The first-order chi connectivity index (χ1) is 14.9. The fraction of sp³-hybridized carbons (Fsp3) is 0.409. The summed E-state index contributed by atoms with van der Waals surface area (Å²) in [7, 11) is 0. The van der Waals surface area contributed by atoms with Gasteiger partial charge in [-0.3, -0.25) is 4.90 Å². The highest BCUT2D eigenvalue weighted by Gasteiger charge is 2.24. The molecule has 9 nitrogen and oxygen atoms in total. The standard InChI is InChI=1S/C22H27N9/c1-22(2,3)21-27-26-18-8-9-19(28-31(18)21)30-12-10-29(11-13-30)14-17-24-16-7-5-4-6-15(16)20(23)25-17/h4-9H,10-14H2,1-3H3,(H2,23,24,25). The summed E-state index contributed by atoms with van der Waals surface area (Å²) in [5, 5.41) is 14.3. The zero-order valence-corrected chi connectivity index (χ0v) is 18.2. The van der Waals surface area contributed by atoms with Crippen LogP contribution in [0, 0.1) is 0 Å². The SMILES string of the molecule is CC(C)(C)c1nnc2ccc(N3CCN(Cc4nc(N)c5ccccc5n4)CC3)nn12. The third-order valence-corrected chi connectivity index (χ3v) is 5.66. The topological polar surface area (TPSA) is 101 Å². The Balaban J connectivity index is 1.29. The van der Waals surface area contributed by atoms with Crippen LogP contribution in [-0.2, 0) is 12.0 Å². The van der Waals surface area contributed by atoms with Crippen molar-refractivity contribution in [3.05, 3.63) is 48.0 Å². The Morgan fingerprint density at radius 3 is 2.48 bits per heavy atom. The van der Waals surface area contributed by atoms with Gasteiger partial charge in [0.25, 0.3) is 0 Å². The Labute approximate surface area is 180 Å². The van der Waals surface area contributed by atoms with Gasteiger partial charge in [0.1, 0.15) is 17.5 Å². The molecular weight excluding hydrogens is 390 g/mol. The summed E-state index contributed by atoms with van der Waals surface area (Å²) in [6, 6.07) is 11.9. The van der Waals surface area contributed by atoms with Crippen molar-refractivity contribution < 1.29 is 0 Å². The van der Waals surface area contributed by atoms with Gasteiger partial charge in [0.15, 0.2) is 11.5 Å². The molecule has 5 rings (SSSR count). The van der Waals surface area contributed by atoms with Crippen molar-refractivity contribution >= 4 is 28.2 Å². The van der Waals surface area contributed by atoms with E-state index in [1.165, 1.54) is 0 Å². The molecule has 0 amide bonds. The van der Waals surface area contributed by atoms with Crippen LogP contribution >= 0.6 is 0 Å². The average Bonchev–Trinajstić information content (AvgIpc) is 3.18. The molecule has 1 aliphatic heterocycles. The normalized spacial score (nSPS) is 15.8. The van der Waals surface area contributed by atoms with E-state index in [2.05, 4.69) is 45.8 Å². The lowest BCUT2D eigenvalue weighted by atomic mass is 9.96. The number of rotatable bonds is 3. The molecule has 1 fully saturated rings. The van der Waals surface area contributed by atoms with E-state index in [9.17, 15) is 0 Å². The summed E-state index contributed by atoms with van der Waals surface area (Å²) in [6.45, 7) is 10.6. The van der Waals surface area contributed by atoms with E-state index in [-0.39, 0.29) is 5.41 Å². The molecule has 4 heterocycles. The molecule has 0 saturated carbocycles. The van der Waals surface area contributed by atoms with Crippen LogP contribution < -0.4 is 10.6 Å². The lowest BCUT2D eigenvalue weighted by molar-refractivity contribution is 0.243. The predicted molar refractivity (Wildman–Crippen MR) is 121 cm³/mol. The van der Waals surface area contributed by atoms with Crippen molar-refractivity contribution in [3.63, 3.8) is 0 Å². The maximum Gasteiger partial charge on any atom is 0.178 e. The number of piperazine rings is 1. The van der Waals surface area contributed by atoms with Gasteiger partial charge in [0.05, 0.1) is 12.1 Å². The zero-order valence-electron chi connectivity index (χ0n) is 18.2. The molecule has 0 unspecified atom stereocenters. The van der Waals surface area contributed by atoms with Crippen LogP contribution in [0.1, 0.15) is 32.4 Å². The van der Waals surface area contributed by atoms with Gasteiger partial charge >= 0.3 is 0 Å². The third-order valence-electron chi connectivity index (χ3n) is 5.66. The lowest BCUT2D eigenvalue weighted by Gasteiger charge is -2.35. The van der Waals surface area contributed by atoms with Gasteiger partial charge in [-0.1, -0.05) is 32.9 Å². The maximum atomic E-state index is 6.14. The minimum Gasteiger partial charge on any atom is -0.383 e. The summed E-state index contributed by atoms with van der Waals surface area (Å²) in [6.07, 6.45) is 0. The van der Waals surface area contributed by atoms with Gasteiger partial charge in [-0.05, 0) is 24.3 Å². The molecule has 0 spiro atoms. The largest absolute Gasteiger partial charge is 0.383 e. The quantitative estimate of drug-likeness (QED) is 0.542. The molecule has 1 aromatic carbocycles. The van der Waals surface area contributed by atoms with Gasteiger partial charge in [-0.15, -0.1) is 15.3 Å². The molecule has 2 N–H and O–H groups in total. The number of hydrogen-bond donors (Lipinski definition) is 1. The Hall–Kier alpha value is -3.33. The molecule has 0 atom stereocenters. The first kappa shape index (κ1) is 19.6. The van der Waals surface area contributed by atoms with Crippen LogP contribution in [0.2, 0.25) is 0 Å². The minimum atomic E-state index is -0.120. The molecule has 160 valence electrons. The van der Waals surface area contributed by atoms with Crippen LogP contribution in [-0.4, -0.2) is 60.9 Å². The molecule has 1 aliphatic rings. The van der Waals surface area contributed by atoms with Crippen LogP contribution in [0.5, 0.6) is 0 Å². The second-order valence-electron chi connectivity index (χ2n) is 9.04. The number of anilines is 2. The first-order valence-electron chi connectivity index (χ1n) is 10.6. The Kier molecular flexibility index (Phi) is 4.70. The van der Waals surface area contributed by atoms with Gasteiger partial charge in [-0.2, -0.15) is 4.52 Å². The number of aromatic nitrogens is 6. The number of para-hydroxylation sites is 1. The smallest absolute Gasteiger partial charge is 0.178 e. The van der Waals surface area contributed by atoms with Gasteiger partial charge in [0.2, 0.25) is 0 Å². The van der Waals surface area contributed by atoms with Crippen LogP contribution in [0.3, 0.4) is 0 Å². The molecule has 4 aromatic rings. The number of hydrogen-bond acceptors (Lipinski definition) is 8. The van der Waals surface area contributed by atoms with Crippen molar-refractivity contribution in [1.82, 2.24) is 34.7 Å². The van der Waals surface area contributed by atoms with E-state index in [0.29, 0.717) is 12.4 Å². The van der Waals surface area contributed by atoms with Crippen LogP contribution in [0.25, 0.3) is 16.6 Å². The van der Waals surface area contributed by atoms with Gasteiger partial charge in [0, 0.05) is 37.0 Å². The summed E-state index contributed by atoms with van der Waals surface area (Å²) in [4.78, 5) is 13.9. The van der Waals surface area contributed by atoms with Crippen molar-refractivity contribution in [3.8, 4) is 0 Å². The lowest BCUT2D eigenvalue weighted by Crippen LogP contribution is -2.46. The van der Waals surface area contributed by atoms with E-state index in [1.807, 2.05) is 40.9 Å². The second kappa shape index (κ2) is 7.42. The highest BCUT2D eigenvalue weighted by molar-refractivity contribution is 5.87. The fourth-order valence-corrected chi connectivity index (χ4v) is 3.97. The molecule has 31 heavy (non-hydrogen) atoms. The number of nitrogens with two attached hydrogens (primary N) is 1. The monoisotopic (exact) mass is 417 g/mol. The number of nitrogens with zero attached hydrogens (tertiary/aromatic N) is 8. The van der Waals surface area contributed by atoms with E-state index >= 15 is 0 Å².